The Morgan fingerprint density at radius 3 is 2.55 bits per heavy atom. The van der Waals surface area contributed by atoms with Crippen LogP contribution in [-0.2, 0) is 4.79 Å². The number of hydrazine groups is 1. The SMILES string of the molecule is CCCOc1ccccc1C(=O)NC(=S)NNC(=O)CCC. The Balaban J connectivity index is 2.57. The number of carbonyl (C=O) groups excluding carboxylic acids is 2. The number of carbonyl (C=O) groups is 2. The molecular weight excluding hydrogens is 302 g/mol. The molecule has 1 rings (SSSR count). The summed E-state index contributed by atoms with van der Waals surface area (Å²) in [5, 5.41) is 2.52. The Kier molecular flexibility index (Phi) is 7.91. The van der Waals surface area contributed by atoms with E-state index >= 15 is 0 Å². The summed E-state index contributed by atoms with van der Waals surface area (Å²) in [5.41, 5.74) is 5.29. The molecule has 1 aromatic carbocycles. The maximum atomic E-state index is 12.2. The van der Waals surface area contributed by atoms with Crippen LogP contribution >= 0.6 is 12.2 Å². The van der Waals surface area contributed by atoms with Crippen molar-refractivity contribution in [1.29, 1.82) is 0 Å². The summed E-state index contributed by atoms with van der Waals surface area (Å²) in [4.78, 5) is 23.5. The van der Waals surface area contributed by atoms with Crippen molar-refractivity contribution in [3.05, 3.63) is 29.8 Å². The lowest BCUT2D eigenvalue weighted by molar-refractivity contribution is -0.121. The van der Waals surface area contributed by atoms with Crippen molar-refractivity contribution < 1.29 is 14.3 Å². The standard InChI is InChI=1S/C15H21N3O3S/c1-3-7-13(19)17-18-15(22)16-14(20)11-8-5-6-9-12(11)21-10-4-2/h5-6,8-9H,3-4,7,10H2,1-2H3,(H,17,19)(H2,16,18,20,22). The van der Waals surface area contributed by atoms with Gasteiger partial charge in [0.25, 0.3) is 5.91 Å². The van der Waals surface area contributed by atoms with Crippen molar-refractivity contribution >= 4 is 29.1 Å². The first-order valence-electron chi connectivity index (χ1n) is 7.20. The van der Waals surface area contributed by atoms with E-state index < -0.39 is 5.91 Å². The molecule has 6 nitrogen and oxygen atoms in total. The van der Waals surface area contributed by atoms with E-state index in [1.165, 1.54) is 0 Å². The Labute approximate surface area is 135 Å². The number of amides is 2. The van der Waals surface area contributed by atoms with Gasteiger partial charge in [-0.25, -0.2) is 0 Å². The molecule has 0 spiro atoms. The number of rotatable bonds is 6. The van der Waals surface area contributed by atoms with Crippen LogP contribution in [-0.4, -0.2) is 23.5 Å². The van der Waals surface area contributed by atoms with Gasteiger partial charge in [0.05, 0.1) is 12.2 Å². The summed E-state index contributed by atoms with van der Waals surface area (Å²) in [6.45, 7) is 4.41. The van der Waals surface area contributed by atoms with Crippen molar-refractivity contribution in [2.45, 2.75) is 33.1 Å². The molecule has 3 N–H and O–H groups in total. The maximum Gasteiger partial charge on any atom is 0.261 e. The maximum absolute atomic E-state index is 12.2. The lowest BCUT2D eigenvalue weighted by Gasteiger charge is -2.13. The predicted octanol–water partition coefficient (Wildman–Crippen LogP) is 1.91. The summed E-state index contributed by atoms with van der Waals surface area (Å²) < 4.78 is 5.52. The Morgan fingerprint density at radius 2 is 1.86 bits per heavy atom. The van der Waals surface area contributed by atoms with E-state index in [1.807, 2.05) is 13.8 Å². The van der Waals surface area contributed by atoms with Gasteiger partial charge < -0.3 is 4.74 Å². The molecule has 0 heterocycles. The molecular formula is C15H21N3O3S. The molecule has 0 atom stereocenters. The van der Waals surface area contributed by atoms with Crippen LogP contribution in [0.25, 0.3) is 0 Å². The van der Waals surface area contributed by atoms with Crippen LogP contribution in [0.5, 0.6) is 5.75 Å². The van der Waals surface area contributed by atoms with Crippen LogP contribution in [0.15, 0.2) is 24.3 Å². The normalized spacial score (nSPS) is 9.73. The highest BCUT2D eigenvalue weighted by Gasteiger charge is 2.13. The zero-order valence-corrected chi connectivity index (χ0v) is 13.6. The lowest BCUT2D eigenvalue weighted by Crippen LogP contribution is -2.48. The summed E-state index contributed by atoms with van der Waals surface area (Å²) in [5.74, 6) is -0.0839. The molecule has 0 aliphatic rings. The minimum atomic E-state index is -0.394. The fourth-order valence-electron chi connectivity index (χ4n) is 1.61. The first kappa shape index (κ1) is 17.9. The van der Waals surface area contributed by atoms with E-state index in [2.05, 4.69) is 16.2 Å². The number of ether oxygens (including phenoxy) is 1. The van der Waals surface area contributed by atoms with Crippen LogP contribution in [0.3, 0.4) is 0 Å². The van der Waals surface area contributed by atoms with Crippen molar-refractivity contribution in [2.75, 3.05) is 6.61 Å². The number of benzene rings is 1. The van der Waals surface area contributed by atoms with Gasteiger partial charge in [-0.15, -0.1) is 0 Å². The second kappa shape index (κ2) is 9.73. The van der Waals surface area contributed by atoms with Crippen molar-refractivity contribution in [3.8, 4) is 5.75 Å². The van der Waals surface area contributed by atoms with Crippen LogP contribution in [0.2, 0.25) is 0 Å². The van der Waals surface area contributed by atoms with Gasteiger partial charge in [-0.2, -0.15) is 0 Å². The van der Waals surface area contributed by atoms with E-state index in [0.29, 0.717) is 24.3 Å². The molecule has 0 fully saturated rings. The van der Waals surface area contributed by atoms with E-state index in [4.69, 9.17) is 17.0 Å². The molecule has 0 unspecified atom stereocenters. The molecule has 22 heavy (non-hydrogen) atoms. The van der Waals surface area contributed by atoms with Crippen molar-refractivity contribution in [2.24, 2.45) is 0 Å². The number of para-hydroxylation sites is 1. The van der Waals surface area contributed by atoms with Gasteiger partial charge in [0.15, 0.2) is 5.11 Å². The van der Waals surface area contributed by atoms with Crippen LogP contribution < -0.4 is 20.9 Å². The number of thiocarbonyl (C=S) groups is 1. The molecule has 2 amide bonds. The highest BCUT2D eigenvalue weighted by molar-refractivity contribution is 7.80. The summed E-state index contributed by atoms with van der Waals surface area (Å²) in [7, 11) is 0. The third kappa shape index (κ3) is 6.09. The molecule has 0 bridgehead atoms. The van der Waals surface area contributed by atoms with Gasteiger partial charge in [0, 0.05) is 6.42 Å². The quantitative estimate of drug-likeness (QED) is 0.550. The molecule has 0 aromatic heterocycles. The molecule has 7 heteroatoms. The van der Waals surface area contributed by atoms with E-state index in [9.17, 15) is 9.59 Å². The Bertz CT molecular complexity index is 535. The first-order valence-corrected chi connectivity index (χ1v) is 7.61. The van der Waals surface area contributed by atoms with E-state index in [0.717, 1.165) is 12.8 Å². The number of nitrogens with one attached hydrogen (secondary N) is 3. The lowest BCUT2D eigenvalue weighted by atomic mass is 10.2. The van der Waals surface area contributed by atoms with E-state index in [-0.39, 0.29) is 11.0 Å². The summed E-state index contributed by atoms with van der Waals surface area (Å²) in [6, 6.07) is 6.92. The van der Waals surface area contributed by atoms with Gasteiger partial charge in [0.2, 0.25) is 5.91 Å². The Morgan fingerprint density at radius 1 is 1.14 bits per heavy atom. The monoisotopic (exact) mass is 323 g/mol. The smallest absolute Gasteiger partial charge is 0.261 e. The molecule has 120 valence electrons. The predicted molar refractivity (Wildman–Crippen MR) is 88.5 cm³/mol. The zero-order chi connectivity index (χ0) is 16.4. The fourth-order valence-corrected chi connectivity index (χ4v) is 1.75. The van der Waals surface area contributed by atoms with Crippen molar-refractivity contribution in [3.63, 3.8) is 0 Å². The van der Waals surface area contributed by atoms with Gasteiger partial charge in [0.1, 0.15) is 5.75 Å². The van der Waals surface area contributed by atoms with Gasteiger partial charge >= 0.3 is 0 Å². The topological polar surface area (TPSA) is 79.5 Å². The average molecular weight is 323 g/mol. The highest BCUT2D eigenvalue weighted by atomic mass is 32.1. The first-order chi connectivity index (χ1) is 10.6. The third-order valence-corrected chi connectivity index (χ3v) is 2.82. The largest absolute Gasteiger partial charge is 0.493 e. The van der Waals surface area contributed by atoms with Gasteiger partial charge in [-0.3, -0.25) is 25.8 Å². The van der Waals surface area contributed by atoms with Crippen LogP contribution in [0, 0.1) is 0 Å². The molecule has 0 aliphatic carbocycles. The van der Waals surface area contributed by atoms with E-state index in [1.54, 1.807) is 24.3 Å². The zero-order valence-electron chi connectivity index (χ0n) is 12.8. The number of hydrogen-bond donors (Lipinski definition) is 3. The third-order valence-electron chi connectivity index (χ3n) is 2.61. The highest BCUT2D eigenvalue weighted by Crippen LogP contribution is 2.17. The summed E-state index contributed by atoms with van der Waals surface area (Å²) >= 11 is 4.96. The minimum absolute atomic E-state index is 0.0275. The van der Waals surface area contributed by atoms with Gasteiger partial charge in [-0.1, -0.05) is 26.0 Å². The molecule has 0 saturated carbocycles. The average Bonchev–Trinajstić information content (AvgIpc) is 2.51. The van der Waals surface area contributed by atoms with Gasteiger partial charge in [-0.05, 0) is 37.2 Å². The summed E-state index contributed by atoms with van der Waals surface area (Å²) in [6.07, 6.45) is 1.96. The van der Waals surface area contributed by atoms with Crippen molar-refractivity contribution in [1.82, 2.24) is 16.2 Å². The van der Waals surface area contributed by atoms with Crippen LogP contribution in [0.1, 0.15) is 43.5 Å². The Hall–Kier alpha value is -2.15. The number of hydrogen-bond acceptors (Lipinski definition) is 4. The van der Waals surface area contributed by atoms with Crippen LogP contribution in [0.4, 0.5) is 0 Å². The molecule has 0 aliphatic heterocycles. The fraction of sp³-hybridized carbons (Fsp3) is 0.400. The second-order valence-corrected chi connectivity index (χ2v) is 4.96. The molecule has 0 radical (unpaired) electrons. The molecule has 1 aromatic rings. The second-order valence-electron chi connectivity index (χ2n) is 4.55. The molecule has 0 saturated heterocycles. The minimum Gasteiger partial charge on any atom is -0.493 e.